The van der Waals surface area contributed by atoms with Gasteiger partial charge in [0.25, 0.3) is 5.91 Å². The first-order valence-corrected chi connectivity index (χ1v) is 6.54. The number of hydrogen-bond acceptors (Lipinski definition) is 4. The average molecular weight is 315 g/mol. The fraction of sp³-hybridized carbons (Fsp3) is 0.417. The molecule has 18 heavy (non-hydrogen) atoms. The van der Waals surface area contributed by atoms with Crippen LogP contribution in [-0.2, 0) is 9.53 Å². The van der Waals surface area contributed by atoms with E-state index in [0.717, 1.165) is 10.9 Å². The van der Waals surface area contributed by atoms with Gasteiger partial charge in [0.1, 0.15) is 11.9 Å². The molecule has 1 amide bonds. The van der Waals surface area contributed by atoms with Crippen molar-refractivity contribution < 1.29 is 14.6 Å². The van der Waals surface area contributed by atoms with Crippen LogP contribution in [0.1, 0.15) is 12.8 Å². The molecule has 98 valence electrons. The van der Waals surface area contributed by atoms with E-state index in [1.807, 2.05) is 0 Å². The topological polar surface area (TPSA) is 84.6 Å². The molecule has 1 aromatic carbocycles. The van der Waals surface area contributed by atoms with E-state index < -0.39 is 6.10 Å². The van der Waals surface area contributed by atoms with Crippen LogP contribution in [-0.4, -0.2) is 29.8 Å². The summed E-state index contributed by atoms with van der Waals surface area (Å²) in [5.41, 5.74) is 5.86. The van der Waals surface area contributed by atoms with Crippen molar-refractivity contribution in [1.29, 1.82) is 0 Å². The zero-order chi connectivity index (χ0) is 13.1. The van der Waals surface area contributed by atoms with E-state index in [2.05, 4.69) is 21.2 Å². The van der Waals surface area contributed by atoms with Crippen LogP contribution in [0.5, 0.6) is 5.75 Å². The lowest BCUT2D eigenvalue weighted by Crippen LogP contribution is -2.29. The molecule has 1 aliphatic rings. The minimum Gasteiger partial charge on any atom is -0.506 e. The number of phenols is 1. The number of carbonyl (C=O) groups excluding carboxylic acids is 1. The third-order valence-corrected chi connectivity index (χ3v) is 3.37. The molecule has 0 saturated carbocycles. The van der Waals surface area contributed by atoms with Crippen molar-refractivity contribution in [3.05, 3.63) is 22.7 Å². The quantitative estimate of drug-likeness (QED) is 0.740. The van der Waals surface area contributed by atoms with Crippen LogP contribution < -0.4 is 11.1 Å². The Bertz CT molecular complexity index is 453. The standard InChI is InChI=1S/C12H15BrN2O3/c13-7-1-3-10(16)9(5-7)15-12(17)11-4-2-8(6-14)18-11/h1,3,5,8,11,16H,2,4,6,14H2,(H,15,17)/t8-,11+/m1/s1. The van der Waals surface area contributed by atoms with E-state index in [-0.39, 0.29) is 17.8 Å². The average Bonchev–Trinajstić information content (AvgIpc) is 2.82. The van der Waals surface area contributed by atoms with Crippen LogP contribution in [0.3, 0.4) is 0 Å². The van der Waals surface area contributed by atoms with Gasteiger partial charge < -0.3 is 20.9 Å². The molecule has 2 atom stereocenters. The van der Waals surface area contributed by atoms with Gasteiger partial charge in [-0.05, 0) is 31.0 Å². The second-order valence-electron chi connectivity index (χ2n) is 4.21. The first-order chi connectivity index (χ1) is 8.60. The molecule has 1 heterocycles. The van der Waals surface area contributed by atoms with Gasteiger partial charge in [-0.2, -0.15) is 0 Å². The molecule has 5 nitrogen and oxygen atoms in total. The van der Waals surface area contributed by atoms with Gasteiger partial charge in [0.15, 0.2) is 0 Å². The van der Waals surface area contributed by atoms with Crippen LogP contribution in [0.4, 0.5) is 5.69 Å². The lowest BCUT2D eigenvalue weighted by atomic mass is 10.2. The number of ether oxygens (including phenoxy) is 1. The zero-order valence-electron chi connectivity index (χ0n) is 9.73. The Labute approximate surface area is 113 Å². The van der Waals surface area contributed by atoms with Crippen LogP contribution in [0.2, 0.25) is 0 Å². The molecular weight excluding hydrogens is 300 g/mol. The van der Waals surface area contributed by atoms with Gasteiger partial charge >= 0.3 is 0 Å². The highest BCUT2D eigenvalue weighted by Crippen LogP contribution is 2.28. The Morgan fingerprint density at radius 3 is 3.00 bits per heavy atom. The van der Waals surface area contributed by atoms with Crippen LogP contribution in [0, 0.1) is 0 Å². The molecule has 1 saturated heterocycles. The number of anilines is 1. The van der Waals surface area contributed by atoms with Gasteiger partial charge in [-0.15, -0.1) is 0 Å². The molecule has 4 N–H and O–H groups in total. The summed E-state index contributed by atoms with van der Waals surface area (Å²) >= 11 is 3.28. The Morgan fingerprint density at radius 1 is 1.56 bits per heavy atom. The lowest BCUT2D eigenvalue weighted by Gasteiger charge is -2.13. The number of amides is 1. The summed E-state index contributed by atoms with van der Waals surface area (Å²) in [6.07, 6.45) is 0.912. The molecule has 0 aromatic heterocycles. The number of carbonyl (C=O) groups is 1. The number of halogens is 1. The third kappa shape index (κ3) is 3.01. The third-order valence-electron chi connectivity index (χ3n) is 2.88. The number of rotatable bonds is 3. The molecule has 1 aliphatic heterocycles. The summed E-state index contributed by atoms with van der Waals surface area (Å²) in [4.78, 5) is 11.9. The molecule has 0 spiro atoms. The number of aromatic hydroxyl groups is 1. The second-order valence-corrected chi connectivity index (χ2v) is 5.13. The summed E-state index contributed by atoms with van der Waals surface area (Å²) in [6, 6.07) is 4.85. The van der Waals surface area contributed by atoms with Crippen molar-refractivity contribution in [2.75, 3.05) is 11.9 Å². The summed E-state index contributed by atoms with van der Waals surface area (Å²) in [5.74, 6) is -0.223. The van der Waals surface area contributed by atoms with Gasteiger partial charge in [0.05, 0.1) is 11.8 Å². The number of nitrogens with two attached hydrogens (primary N) is 1. The molecular formula is C12H15BrN2O3. The molecule has 0 unspecified atom stereocenters. The van der Waals surface area contributed by atoms with Crippen molar-refractivity contribution in [2.45, 2.75) is 25.0 Å². The highest BCUT2D eigenvalue weighted by atomic mass is 79.9. The first kappa shape index (κ1) is 13.3. The van der Waals surface area contributed by atoms with Gasteiger partial charge in [-0.3, -0.25) is 4.79 Å². The lowest BCUT2D eigenvalue weighted by molar-refractivity contribution is -0.126. The molecule has 2 rings (SSSR count). The van der Waals surface area contributed by atoms with Crippen LogP contribution in [0.15, 0.2) is 22.7 Å². The van der Waals surface area contributed by atoms with Gasteiger partial charge in [-0.25, -0.2) is 0 Å². The van der Waals surface area contributed by atoms with Crippen molar-refractivity contribution >= 4 is 27.5 Å². The van der Waals surface area contributed by atoms with E-state index in [1.165, 1.54) is 6.07 Å². The SMILES string of the molecule is NC[C@H]1CC[C@@H](C(=O)Nc2cc(Br)ccc2O)O1. The fourth-order valence-corrected chi connectivity index (χ4v) is 2.25. The molecule has 1 aromatic rings. The van der Waals surface area contributed by atoms with E-state index in [4.69, 9.17) is 10.5 Å². The van der Waals surface area contributed by atoms with Crippen molar-refractivity contribution in [1.82, 2.24) is 0 Å². The summed E-state index contributed by atoms with van der Waals surface area (Å²) < 4.78 is 6.26. The van der Waals surface area contributed by atoms with E-state index in [9.17, 15) is 9.90 Å². The normalized spacial score (nSPS) is 23.0. The number of phenolic OH excluding ortho intramolecular Hbond substituents is 1. The molecule has 0 aliphatic carbocycles. The molecule has 1 fully saturated rings. The predicted octanol–water partition coefficient (Wildman–Crippen LogP) is 1.60. The molecule has 0 bridgehead atoms. The first-order valence-electron chi connectivity index (χ1n) is 5.75. The van der Waals surface area contributed by atoms with Crippen molar-refractivity contribution in [2.24, 2.45) is 5.73 Å². The van der Waals surface area contributed by atoms with E-state index in [0.29, 0.717) is 18.7 Å². The monoisotopic (exact) mass is 314 g/mol. The summed E-state index contributed by atoms with van der Waals surface area (Å²) in [6.45, 7) is 0.423. The molecule has 0 radical (unpaired) electrons. The van der Waals surface area contributed by atoms with Gasteiger partial charge in [0, 0.05) is 11.0 Å². The Morgan fingerprint density at radius 2 is 2.33 bits per heavy atom. The van der Waals surface area contributed by atoms with Crippen molar-refractivity contribution in [3.63, 3.8) is 0 Å². The van der Waals surface area contributed by atoms with E-state index in [1.54, 1.807) is 12.1 Å². The maximum atomic E-state index is 11.9. The fourth-order valence-electron chi connectivity index (χ4n) is 1.89. The highest BCUT2D eigenvalue weighted by Gasteiger charge is 2.30. The maximum absolute atomic E-state index is 11.9. The van der Waals surface area contributed by atoms with E-state index >= 15 is 0 Å². The Balaban J connectivity index is 2.01. The smallest absolute Gasteiger partial charge is 0.253 e. The predicted molar refractivity (Wildman–Crippen MR) is 71.4 cm³/mol. The zero-order valence-corrected chi connectivity index (χ0v) is 11.3. The maximum Gasteiger partial charge on any atom is 0.253 e. The van der Waals surface area contributed by atoms with Gasteiger partial charge in [0.2, 0.25) is 0 Å². The van der Waals surface area contributed by atoms with Crippen LogP contribution in [0.25, 0.3) is 0 Å². The number of nitrogens with one attached hydrogen (secondary N) is 1. The Hall–Kier alpha value is -1.11. The largest absolute Gasteiger partial charge is 0.506 e. The Kier molecular flexibility index (Phi) is 4.21. The summed E-state index contributed by atoms with van der Waals surface area (Å²) in [5, 5.41) is 12.3. The second kappa shape index (κ2) is 5.69. The minimum absolute atomic E-state index is 0.0277. The molecule has 6 heteroatoms. The number of benzene rings is 1. The summed E-state index contributed by atoms with van der Waals surface area (Å²) in [7, 11) is 0. The van der Waals surface area contributed by atoms with Crippen molar-refractivity contribution in [3.8, 4) is 5.75 Å². The minimum atomic E-state index is -0.489. The van der Waals surface area contributed by atoms with Gasteiger partial charge in [-0.1, -0.05) is 15.9 Å². The highest BCUT2D eigenvalue weighted by molar-refractivity contribution is 9.10. The number of hydrogen-bond donors (Lipinski definition) is 3. The van der Waals surface area contributed by atoms with Crippen LogP contribution >= 0.6 is 15.9 Å².